The summed E-state index contributed by atoms with van der Waals surface area (Å²) in [6.45, 7) is 4.76. The second-order valence-electron chi connectivity index (χ2n) is 8.41. The van der Waals surface area contributed by atoms with Crippen LogP contribution >= 0.6 is 0 Å². The molecule has 6 heteroatoms. The Kier molecular flexibility index (Phi) is 7.07. The van der Waals surface area contributed by atoms with E-state index in [0.717, 1.165) is 31.9 Å². The molecule has 2 unspecified atom stereocenters. The van der Waals surface area contributed by atoms with Gasteiger partial charge in [0.25, 0.3) is 0 Å². The highest BCUT2D eigenvalue weighted by molar-refractivity contribution is 5.87. The molecule has 0 radical (unpaired) electrons. The van der Waals surface area contributed by atoms with Gasteiger partial charge in [0.2, 0.25) is 0 Å². The summed E-state index contributed by atoms with van der Waals surface area (Å²) in [6, 6.07) is 3.72. The molecule has 2 fully saturated rings. The molecule has 1 aromatic rings. The van der Waals surface area contributed by atoms with Crippen molar-refractivity contribution in [3.63, 3.8) is 0 Å². The van der Waals surface area contributed by atoms with Crippen LogP contribution in [0.2, 0.25) is 0 Å². The van der Waals surface area contributed by atoms with Gasteiger partial charge >= 0.3 is 5.97 Å². The predicted molar refractivity (Wildman–Crippen MR) is 102 cm³/mol. The molecule has 156 valence electrons. The first-order valence-corrected chi connectivity index (χ1v) is 10.3. The number of hydrogen-bond acceptors (Lipinski definition) is 4. The molecule has 1 aromatic carbocycles. The molecule has 5 nitrogen and oxygen atoms in total. The lowest BCUT2D eigenvalue weighted by molar-refractivity contribution is -0.162. The van der Waals surface area contributed by atoms with Crippen LogP contribution in [0, 0.1) is 29.5 Å². The van der Waals surface area contributed by atoms with Crippen LogP contribution in [0.25, 0.3) is 0 Å². The zero-order valence-electron chi connectivity index (χ0n) is 16.6. The topological polar surface area (TPSA) is 76.0 Å². The number of fused-ring (bicyclic) bond motifs is 1. The molecule has 0 spiro atoms. The third-order valence-corrected chi connectivity index (χ3v) is 6.62. The first-order valence-electron chi connectivity index (χ1n) is 10.3. The molecule has 2 aliphatic rings. The van der Waals surface area contributed by atoms with Crippen LogP contribution in [-0.4, -0.2) is 35.2 Å². The maximum atomic E-state index is 14.1. The largest absolute Gasteiger partial charge is 0.478 e. The highest BCUT2D eigenvalue weighted by atomic mass is 19.1. The summed E-state index contributed by atoms with van der Waals surface area (Å²) in [5, 5.41) is 19.5. The standard InChI is InChI=1S/C22H31FO5/c1-13-6-7-15-4-3-5-18(19(15)12-27-13)14(2)22(26)28-11-17-9-8-16(21(24)25)10-20(17)23/h8-10,13-15,18-19,22,26H,3-7,11-12H2,1-2H3,(H,24,25)/t13?,14-,15-,18+,19?,22-/m1/s1. The minimum Gasteiger partial charge on any atom is -0.478 e. The van der Waals surface area contributed by atoms with Gasteiger partial charge in [0.05, 0.1) is 24.9 Å². The number of carboxylic acids is 1. The van der Waals surface area contributed by atoms with E-state index in [4.69, 9.17) is 14.6 Å². The molecule has 1 aliphatic carbocycles. The van der Waals surface area contributed by atoms with E-state index in [2.05, 4.69) is 6.92 Å². The van der Waals surface area contributed by atoms with E-state index in [1.54, 1.807) is 0 Å². The van der Waals surface area contributed by atoms with Crippen LogP contribution in [0.4, 0.5) is 4.39 Å². The summed E-state index contributed by atoms with van der Waals surface area (Å²) in [4.78, 5) is 10.9. The van der Waals surface area contributed by atoms with E-state index in [0.29, 0.717) is 23.9 Å². The normalized spacial score (nSPS) is 30.1. The quantitative estimate of drug-likeness (QED) is 0.707. The number of rotatable bonds is 6. The molecule has 0 amide bonds. The number of benzene rings is 1. The third kappa shape index (κ3) is 4.91. The molecule has 3 rings (SSSR count). The minimum atomic E-state index is -1.17. The van der Waals surface area contributed by atoms with Crippen molar-refractivity contribution in [3.8, 4) is 0 Å². The van der Waals surface area contributed by atoms with E-state index < -0.39 is 18.1 Å². The molecule has 1 saturated heterocycles. The van der Waals surface area contributed by atoms with E-state index in [-0.39, 0.29) is 23.7 Å². The van der Waals surface area contributed by atoms with E-state index >= 15 is 0 Å². The van der Waals surface area contributed by atoms with Crippen molar-refractivity contribution >= 4 is 5.97 Å². The second-order valence-corrected chi connectivity index (χ2v) is 8.41. The van der Waals surface area contributed by atoms with Gasteiger partial charge in [-0.2, -0.15) is 0 Å². The first-order chi connectivity index (χ1) is 13.4. The summed E-state index contributed by atoms with van der Waals surface area (Å²) in [7, 11) is 0. The van der Waals surface area contributed by atoms with Gasteiger partial charge in [-0.3, -0.25) is 0 Å². The van der Waals surface area contributed by atoms with Gasteiger partial charge in [0, 0.05) is 11.5 Å². The summed E-state index contributed by atoms with van der Waals surface area (Å²) in [5.74, 6) is -0.502. The Hall–Kier alpha value is -1.50. The lowest BCUT2D eigenvalue weighted by Gasteiger charge is -2.41. The molecule has 0 bridgehead atoms. The number of aromatic carboxylic acids is 1. The van der Waals surface area contributed by atoms with Crippen LogP contribution < -0.4 is 0 Å². The van der Waals surface area contributed by atoms with Crippen LogP contribution in [-0.2, 0) is 16.1 Å². The Morgan fingerprint density at radius 2 is 2.11 bits per heavy atom. The van der Waals surface area contributed by atoms with Crippen molar-refractivity contribution in [3.05, 3.63) is 35.1 Å². The Balaban J connectivity index is 1.60. The van der Waals surface area contributed by atoms with Crippen molar-refractivity contribution in [2.75, 3.05) is 6.61 Å². The summed E-state index contributed by atoms with van der Waals surface area (Å²) in [5.41, 5.74) is 0.135. The zero-order chi connectivity index (χ0) is 20.3. The number of halogens is 1. The fourth-order valence-corrected chi connectivity index (χ4v) is 4.81. The van der Waals surface area contributed by atoms with Crippen molar-refractivity contribution in [2.45, 2.75) is 65.0 Å². The van der Waals surface area contributed by atoms with Gasteiger partial charge in [-0.05, 0) is 56.1 Å². The van der Waals surface area contributed by atoms with Crippen LogP contribution in [0.15, 0.2) is 18.2 Å². The van der Waals surface area contributed by atoms with Crippen LogP contribution in [0.5, 0.6) is 0 Å². The van der Waals surface area contributed by atoms with Gasteiger partial charge in [-0.25, -0.2) is 9.18 Å². The van der Waals surface area contributed by atoms with Gasteiger partial charge in [0.1, 0.15) is 5.82 Å². The molecular formula is C22H31FO5. The molecule has 1 heterocycles. The minimum absolute atomic E-state index is 0.0776. The summed E-state index contributed by atoms with van der Waals surface area (Å²) < 4.78 is 25.6. The summed E-state index contributed by atoms with van der Waals surface area (Å²) >= 11 is 0. The SMILES string of the molecule is CC1CC[C@H]2CCC[C@@H]([C@@H](C)[C@H](O)OCc3ccc(C(=O)O)cc3F)C2CO1. The smallest absolute Gasteiger partial charge is 0.335 e. The number of hydrogen-bond donors (Lipinski definition) is 2. The van der Waals surface area contributed by atoms with Gasteiger partial charge in [-0.1, -0.05) is 25.8 Å². The predicted octanol–water partition coefficient (Wildman–Crippen LogP) is 4.23. The second kappa shape index (κ2) is 9.33. The molecular weight excluding hydrogens is 363 g/mol. The lowest BCUT2D eigenvalue weighted by atomic mass is 9.66. The average Bonchev–Trinajstić information content (AvgIpc) is 2.87. The number of aliphatic hydroxyl groups is 1. The number of carbonyl (C=O) groups is 1. The highest BCUT2D eigenvalue weighted by Gasteiger charge is 2.40. The zero-order valence-corrected chi connectivity index (χ0v) is 16.6. The Labute approximate surface area is 165 Å². The summed E-state index contributed by atoms with van der Waals surface area (Å²) in [6.07, 6.45) is 4.98. The third-order valence-electron chi connectivity index (χ3n) is 6.62. The van der Waals surface area contributed by atoms with Crippen molar-refractivity contribution in [2.24, 2.45) is 23.7 Å². The average molecular weight is 394 g/mol. The first kappa shape index (κ1) is 21.2. The van der Waals surface area contributed by atoms with E-state index in [1.807, 2.05) is 6.92 Å². The number of ether oxygens (including phenoxy) is 2. The number of aliphatic hydroxyl groups excluding tert-OH is 1. The van der Waals surface area contributed by atoms with Crippen molar-refractivity contribution in [1.29, 1.82) is 0 Å². The monoisotopic (exact) mass is 394 g/mol. The fraction of sp³-hybridized carbons (Fsp3) is 0.682. The van der Waals surface area contributed by atoms with Crippen LogP contribution in [0.1, 0.15) is 61.9 Å². The van der Waals surface area contributed by atoms with E-state index in [1.165, 1.54) is 25.0 Å². The van der Waals surface area contributed by atoms with Crippen LogP contribution in [0.3, 0.4) is 0 Å². The van der Waals surface area contributed by atoms with Gasteiger partial charge in [0.15, 0.2) is 6.29 Å². The van der Waals surface area contributed by atoms with Gasteiger partial charge in [-0.15, -0.1) is 0 Å². The molecule has 2 N–H and O–H groups in total. The molecule has 1 saturated carbocycles. The highest BCUT2D eigenvalue weighted by Crippen LogP contribution is 2.44. The van der Waals surface area contributed by atoms with Gasteiger partial charge < -0.3 is 19.7 Å². The maximum Gasteiger partial charge on any atom is 0.335 e. The molecule has 6 atom stereocenters. The number of carboxylic acid groups (broad SMARTS) is 1. The Morgan fingerprint density at radius 1 is 1.32 bits per heavy atom. The van der Waals surface area contributed by atoms with E-state index in [9.17, 15) is 14.3 Å². The molecule has 28 heavy (non-hydrogen) atoms. The maximum absolute atomic E-state index is 14.1. The van der Waals surface area contributed by atoms with Crippen molar-refractivity contribution in [1.82, 2.24) is 0 Å². The fourth-order valence-electron chi connectivity index (χ4n) is 4.81. The lowest BCUT2D eigenvalue weighted by Crippen LogP contribution is -2.39. The molecule has 1 aliphatic heterocycles. The Bertz CT molecular complexity index is 679. The van der Waals surface area contributed by atoms with Crippen molar-refractivity contribution < 1.29 is 28.9 Å². The molecule has 0 aromatic heterocycles. The Morgan fingerprint density at radius 3 is 2.82 bits per heavy atom.